The van der Waals surface area contributed by atoms with Gasteiger partial charge in [0.2, 0.25) is 11.6 Å². The molecule has 0 unspecified atom stereocenters. The molecule has 11 heteroatoms. The summed E-state index contributed by atoms with van der Waals surface area (Å²) in [5.74, 6) is -0.0987. The van der Waals surface area contributed by atoms with Crippen LogP contribution in [0.5, 0.6) is 0 Å². The van der Waals surface area contributed by atoms with Gasteiger partial charge in [-0.25, -0.2) is 14.4 Å². The third-order valence-corrected chi connectivity index (χ3v) is 5.78. The molecule has 0 amide bonds. The Labute approximate surface area is 187 Å². The van der Waals surface area contributed by atoms with Crippen LogP contribution >= 0.6 is 23.2 Å². The van der Waals surface area contributed by atoms with Gasteiger partial charge in [-0.05, 0) is 24.3 Å². The number of piperazine rings is 1. The number of rotatable bonds is 5. The summed E-state index contributed by atoms with van der Waals surface area (Å²) < 4.78 is 14.1. The normalized spacial score (nSPS) is 13.9. The lowest BCUT2D eigenvalue weighted by Gasteiger charge is -2.36. The number of benzene rings is 2. The maximum absolute atomic E-state index is 14.1. The second kappa shape index (κ2) is 8.91. The summed E-state index contributed by atoms with van der Waals surface area (Å²) in [5.41, 5.74) is 0.640. The van der Waals surface area contributed by atoms with Crippen molar-refractivity contribution in [2.75, 3.05) is 41.3 Å². The Kier molecular flexibility index (Phi) is 6.06. The summed E-state index contributed by atoms with van der Waals surface area (Å²) in [4.78, 5) is 23.3. The van der Waals surface area contributed by atoms with Crippen LogP contribution in [-0.2, 0) is 0 Å². The lowest BCUT2D eigenvalue weighted by molar-refractivity contribution is -0.383. The Morgan fingerprint density at radius 3 is 2.42 bits per heavy atom. The van der Waals surface area contributed by atoms with E-state index in [2.05, 4.69) is 15.3 Å². The standard InChI is InChI=1S/C20H17Cl2FN6O2/c21-13-4-3-6-15(17(13)22)26-19-18(29(30)31)20(25-12-24-19)28-10-8-27(9-11-28)16-7-2-1-5-14(16)23/h1-7,12H,8-11H2,(H,24,25,26). The molecule has 4 rings (SSSR count). The number of anilines is 4. The highest BCUT2D eigenvalue weighted by molar-refractivity contribution is 6.43. The molecule has 0 radical (unpaired) electrons. The lowest BCUT2D eigenvalue weighted by atomic mass is 10.2. The first-order valence-corrected chi connectivity index (χ1v) is 10.2. The minimum absolute atomic E-state index is 0.00991. The van der Waals surface area contributed by atoms with Crippen molar-refractivity contribution < 1.29 is 9.31 Å². The predicted octanol–water partition coefficient (Wildman–Crippen LogP) is 4.90. The van der Waals surface area contributed by atoms with Crippen LogP contribution in [0.2, 0.25) is 10.0 Å². The molecule has 0 saturated carbocycles. The van der Waals surface area contributed by atoms with Gasteiger partial charge in [0.15, 0.2) is 0 Å². The number of nitro groups is 1. The molecule has 1 saturated heterocycles. The van der Waals surface area contributed by atoms with E-state index >= 15 is 0 Å². The van der Waals surface area contributed by atoms with Crippen molar-refractivity contribution in [3.8, 4) is 0 Å². The van der Waals surface area contributed by atoms with Gasteiger partial charge in [-0.2, -0.15) is 0 Å². The molecule has 8 nitrogen and oxygen atoms in total. The van der Waals surface area contributed by atoms with Gasteiger partial charge in [0.05, 0.1) is 26.3 Å². The first-order valence-electron chi connectivity index (χ1n) is 9.40. The van der Waals surface area contributed by atoms with Gasteiger partial charge < -0.3 is 15.1 Å². The average molecular weight is 463 g/mol. The molecule has 1 aliphatic rings. The van der Waals surface area contributed by atoms with Gasteiger partial charge in [-0.1, -0.05) is 41.4 Å². The summed E-state index contributed by atoms with van der Waals surface area (Å²) >= 11 is 12.2. The summed E-state index contributed by atoms with van der Waals surface area (Å²) in [7, 11) is 0. The van der Waals surface area contributed by atoms with Crippen LogP contribution in [0.25, 0.3) is 0 Å². The number of halogens is 3. The van der Waals surface area contributed by atoms with Crippen LogP contribution in [-0.4, -0.2) is 41.1 Å². The first-order chi connectivity index (χ1) is 15.0. The molecule has 0 spiro atoms. The van der Waals surface area contributed by atoms with E-state index in [4.69, 9.17) is 23.2 Å². The van der Waals surface area contributed by atoms with Crippen molar-refractivity contribution in [2.24, 2.45) is 0 Å². The summed E-state index contributed by atoms with van der Waals surface area (Å²) in [6.45, 7) is 1.85. The van der Waals surface area contributed by atoms with Crippen LogP contribution in [0.3, 0.4) is 0 Å². The Balaban J connectivity index is 1.59. The fraction of sp³-hybridized carbons (Fsp3) is 0.200. The minimum atomic E-state index is -0.528. The van der Waals surface area contributed by atoms with Crippen LogP contribution < -0.4 is 15.1 Å². The van der Waals surface area contributed by atoms with Crippen molar-refractivity contribution >= 4 is 51.9 Å². The van der Waals surface area contributed by atoms with Crippen LogP contribution in [0.15, 0.2) is 48.8 Å². The Bertz CT molecular complexity index is 1120. The van der Waals surface area contributed by atoms with Gasteiger partial charge in [-0.3, -0.25) is 10.1 Å². The highest BCUT2D eigenvalue weighted by Gasteiger charge is 2.30. The van der Waals surface area contributed by atoms with Crippen molar-refractivity contribution in [3.63, 3.8) is 0 Å². The Morgan fingerprint density at radius 1 is 1.00 bits per heavy atom. The van der Waals surface area contributed by atoms with Gasteiger partial charge in [0.25, 0.3) is 0 Å². The van der Waals surface area contributed by atoms with Crippen molar-refractivity contribution in [1.82, 2.24) is 9.97 Å². The molecule has 2 aromatic carbocycles. The molecule has 1 N–H and O–H groups in total. The number of para-hydroxylation sites is 1. The van der Waals surface area contributed by atoms with Gasteiger partial charge in [-0.15, -0.1) is 0 Å². The zero-order valence-electron chi connectivity index (χ0n) is 16.1. The third-order valence-electron chi connectivity index (χ3n) is 4.96. The number of nitrogens with zero attached hydrogens (tertiary/aromatic N) is 5. The van der Waals surface area contributed by atoms with E-state index in [9.17, 15) is 14.5 Å². The number of hydrogen-bond acceptors (Lipinski definition) is 7. The van der Waals surface area contributed by atoms with Gasteiger partial charge in [0, 0.05) is 26.2 Å². The molecular weight excluding hydrogens is 446 g/mol. The quantitative estimate of drug-likeness (QED) is 0.425. The molecule has 0 atom stereocenters. The molecule has 31 heavy (non-hydrogen) atoms. The third kappa shape index (κ3) is 4.33. The second-order valence-electron chi connectivity index (χ2n) is 6.80. The number of hydrogen-bond donors (Lipinski definition) is 1. The van der Waals surface area contributed by atoms with Crippen molar-refractivity contribution in [1.29, 1.82) is 0 Å². The van der Waals surface area contributed by atoms with E-state index in [0.717, 1.165) is 0 Å². The molecule has 2 heterocycles. The molecule has 3 aromatic rings. The fourth-order valence-electron chi connectivity index (χ4n) is 3.46. The predicted molar refractivity (Wildman–Crippen MR) is 119 cm³/mol. The molecule has 1 aliphatic heterocycles. The second-order valence-corrected chi connectivity index (χ2v) is 7.59. The Hall–Kier alpha value is -3.17. The monoisotopic (exact) mass is 462 g/mol. The van der Waals surface area contributed by atoms with E-state index < -0.39 is 4.92 Å². The summed E-state index contributed by atoms with van der Waals surface area (Å²) in [5, 5.41) is 15.3. The summed E-state index contributed by atoms with van der Waals surface area (Å²) in [6.07, 6.45) is 1.26. The first kappa shape index (κ1) is 21.1. The largest absolute Gasteiger partial charge is 0.366 e. The molecule has 0 aliphatic carbocycles. The molecular formula is C20H17Cl2FN6O2. The van der Waals surface area contributed by atoms with Crippen LogP contribution in [0.1, 0.15) is 0 Å². The van der Waals surface area contributed by atoms with E-state index in [1.807, 2.05) is 4.90 Å². The van der Waals surface area contributed by atoms with Crippen molar-refractivity contribution in [2.45, 2.75) is 0 Å². The molecule has 1 aromatic heterocycles. The minimum Gasteiger partial charge on any atom is -0.366 e. The highest BCUT2D eigenvalue weighted by Crippen LogP contribution is 2.37. The highest BCUT2D eigenvalue weighted by atomic mass is 35.5. The average Bonchev–Trinajstić information content (AvgIpc) is 2.77. The zero-order valence-corrected chi connectivity index (χ0v) is 17.6. The van der Waals surface area contributed by atoms with Crippen LogP contribution in [0.4, 0.5) is 33.1 Å². The lowest BCUT2D eigenvalue weighted by Crippen LogP contribution is -2.47. The van der Waals surface area contributed by atoms with E-state index in [0.29, 0.717) is 42.6 Å². The number of nitrogens with one attached hydrogen (secondary N) is 1. The SMILES string of the molecule is O=[N+]([O-])c1c(Nc2cccc(Cl)c2Cl)ncnc1N1CCN(c2ccccc2F)CC1. The van der Waals surface area contributed by atoms with Crippen molar-refractivity contribution in [3.05, 3.63) is 74.8 Å². The summed E-state index contributed by atoms with van der Waals surface area (Å²) in [6, 6.07) is 11.5. The zero-order chi connectivity index (χ0) is 22.0. The van der Waals surface area contributed by atoms with E-state index in [1.54, 1.807) is 41.3 Å². The van der Waals surface area contributed by atoms with Gasteiger partial charge in [0.1, 0.15) is 12.1 Å². The Morgan fingerprint density at radius 2 is 1.71 bits per heavy atom. The molecule has 0 bridgehead atoms. The maximum atomic E-state index is 14.1. The molecule has 1 fully saturated rings. The topological polar surface area (TPSA) is 87.4 Å². The number of aromatic nitrogens is 2. The fourth-order valence-corrected chi connectivity index (χ4v) is 3.80. The van der Waals surface area contributed by atoms with Crippen LogP contribution in [0, 0.1) is 15.9 Å². The van der Waals surface area contributed by atoms with E-state index in [-0.39, 0.29) is 28.2 Å². The molecule has 160 valence electrons. The maximum Gasteiger partial charge on any atom is 0.353 e. The van der Waals surface area contributed by atoms with Gasteiger partial charge >= 0.3 is 5.69 Å². The van der Waals surface area contributed by atoms with E-state index in [1.165, 1.54) is 12.4 Å². The smallest absolute Gasteiger partial charge is 0.353 e.